The second-order valence-electron chi connectivity index (χ2n) is 7.03. The molecule has 0 radical (unpaired) electrons. The standard InChI is InChI=1S/C20H24N6O2/c1-25(20(27)28)12-11-22-18-8-9-19-23-13-17(26(19)24-18)15-6-4-14(5-7-15)16-3-2-10-21-16/h4-9,13,16,21H,2-3,10-12H2,1H3,(H,22,24)(H,27,28). The van der Waals surface area contributed by atoms with Gasteiger partial charge >= 0.3 is 6.09 Å². The molecule has 28 heavy (non-hydrogen) atoms. The first-order chi connectivity index (χ1) is 13.6. The maximum atomic E-state index is 10.9. The average molecular weight is 380 g/mol. The minimum Gasteiger partial charge on any atom is -0.465 e. The van der Waals surface area contributed by atoms with Crippen molar-refractivity contribution in [3.63, 3.8) is 0 Å². The van der Waals surface area contributed by atoms with Gasteiger partial charge in [0.1, 0.15) is 5.82 Å². The van der Waals surface area contributed by atoms with Gasteiger partial charge in [-0.05, 0) is 37.1 Å². The summed E-state index contributed by atoms with van der Waals surface area (Å²) in [5.74, 6) is 0.678. The van der Waals surface area contributed by atoms with E-state index in [-0.39, 0.29) is 0 Å². The topological polar surface area (TPSA) is 94.8 Å². The quantitative estimate of drug-likeness (QED) is 0.609. The van der Waals surface area contributed by atoms with E-state index in [0.29, 0.717) is 24.9 Å². The number of amides is 1. The van der Waals surface area contributed by atoms with E-state index in [1.807, 2.05) is 22.8 Å². The number of rotatable bonds is 6. The summed E-state index contributed by atoms with van der Waals surface area (Å²) in [7, 11) is 1.54. The summed E-state index contributed by atoms with van der Waals surface area (Å²) < 4.78 is 1.81. The zero-order valence-corrected chi connectivity index (χ0v) is 15.8. The van der Waals surface area contributed by atoms with Gasteiger partial charge in [0.2, 0.25) is 0 Å². The second kappa shape index (κ2) is 7.85. The van der Waals surface area contributed by atoms with Crippen molar-refractivity contribution in [1.29, 1.82) is 0 Å². The molecule has 1 aliphatic rings. The van der Waals surface area contributed by atoms with Gasteiger partial charge < -0.3 is 20.6 Å². The number of benzene rings is 1. The number of carbonyl (C=O) groups is 1. The number of anilines is 1. The molecule has 146 valence electrons. The van der Waals surface area contributed by atoms with E-state index >= 15 is 0 Å². The summed E-state index contributed by atoms with van der Waals surface area (Å²) in [6.45, 7) is 1.94. The van der Waals surface area contributed by atoms with E-state index in [0.717, 1.165) is 23.4 Å². The lowest BCUT2D eigenvalue weighted by Gasteiger charge is -2.13. The number of likely N-dealkylation sites (N-methyl/N-ethyl adjacent to an activating group) is 1. The van der Waals surface area contributed by atoms with Crippen LogP contribution < -0.4 is 10.6 Å². The lowest BCUT2D eigenvalue weighted by atomic mass is 10.0. The van der Waals surface area contributed by atoms with Gasteiger partial charge in [-0.3, -0.25) is 0 Å². The number of nitrogens with zero attached hydrogens (tertiary/aromatic N) is 4. The molecule has 0 bridgehead atoms. The molecule has 1 atom stereocenters. The molecule has 2 aromatic heterocycles. The van der Waals surface area contributed by atoms with Crippen LogP contribution in [0.4, 0.5) is 10.6 Å². The first-order valence-electron chi connectivity index (χ1n) is 9.48. The van der Waals surface area contributed by atoms with Crippen LogP contribution in [0.5, 0.6) is 0 Å². The third kappa shape index (κ3) is 3.77. The fourth-order valence-electron chi connectivity index (χ4n) is 3.47. The maximum absolute atomic E-state index is 10.9. The van der Waals surface area contributed by atoms with Crippen molar-refractivity contribution >= 4 is 17.6 Å². The highest BCUT2D eigenvalue weighted by Gasteiger charge is 2.16. The molecule has 3 heterocycles. The van der Waals surface area contributed by atoms with Crippen LogP contribution in [0.2, 0.25) is 0 Å². The van der Waals surface area contributed by atoms with Gasteiger partial charge in [0.05, 0.1) is 11.9 Å². The fraction of sp³-hybridized carbons (Fsp3) is 0.350. The molecular weight excluding hydrogens is 356 g/mol. The number of imidazole rings is 1. The monoisotopic (exact) mass is 380 g/mol. The van der Waals surface area contributed by atoms with E-state index < -0.39 is 6.09 Å². The lowest BCUT2D eigenvalue weighted by Crippen LogP contribution is -2.30. The molecule has 1 saturated heterocycles. The summed E-state index contributed by atoms with van der Waals surface area (Å²) in [5.41, 5.74) is 4.06. The predicted octanol–water partition coefficient (Wildman–Crippen LogP) is 2.84. The van der Waals surface area contributed by atoms with E-state index in [1.165, 1.54) is 23.3 Å². The predicted molar refractivity (Wildman–Crippen MR) is 108 cm³/mol. The molecule has 0 aliphatic carbocycles. The number of aromatic nitrogens is 3. The minimum atomic E-state index is -0.946. The Morgan fingerprint density at radius 3 is 2.86 bits per heavy atom. The second-order valence-corrected chi connectivity index (χ2v) is 7.03. The number of fused-ring (bicyclic) bond motifs is 1. The molecule has 0 saturated carbocycles. The molecule has 1 unspecified atom stereocenters. The van der Waals surface area contributed by atoms with Crippen molar-refractivity contribution in [3.05, 3.63) is 48.2 Å². The highest BCUT2D eigenvalue weighted by atomic mass is 16.4. The van der Waals surface area contributed by atoms with E-state index in [2.05, 4.69) is 45.0 Å². The molecule has 8 heteroatoms. The highest BCUT2D eigenvalue weighted by Crippen LogP contribution is 2.26. The summed E-state index contributed by atoms with van der Waals surface area (Å²) in [5, 5.41) is 20.2. The molecule has 0 spiro atoms. The third-order valence-corrected chi connectivity index (χ3v) is 5.11. The SMILES string of the molecule is CN(CCNc1ccc2ncc(-c3ccc(C4CCCN4)cc3)n2n1)C(=O)O. The van der Waals surface area contributed by atoms with Gasteiger partial charge in [-0.1, -0.05) is 24.3 Å². The Bertz CT molecular complexity index is 962. The lowest BCUT2D eigenvalue weighted by molar-refractivity contribution is 0.157. The van der Waals surface area contributed by atoms with Gasteiger partial charge in [-0.25, -0.2) is 14.3 Å². The van der Waals surface area contributed by atoms with Crippen LogP contribution >= 0.6 is 0 Å². The first-order valence-corrected chi connectivity index (χ1v) is 9.48. The number of hydrogen-bond donors (Lipinski definition) is 3. The summed E-state index contributed by atoms with van der Waals surface area (Å²) in [6.07, 6.45) is 3.29. The van der Waals surface area contributed by atoms with Crippen molar-refractivity contribution in [1.82, 2.24) is 24.8 Å². The average Bonchev–Trinajstić information content (AvgIpc) is 3.38. The minimum absolute atomic E-state index is 0.377. The van der Waals surface area contributed by atoms with Crippen molar-refractivity contribution in [2.45, 2.75) is 18.9 Å². The molecular formula is C20H24N6O2. The van der Waals surface area contributed by atoms with Crippen molar-refractivity contribution < 1.29 is 9.90 Å². The smallest absolute Gasteiger partial charge is 0.407 e. The van der Waals surface area contributed by atoms with E-state index in [4.69, 9.17) is 5.11 Å². The molecule has 1 amide bonds. The Morgan fingerprint density at radius 1 is 1.32 bits per heavy atom. The van der Waals surface area contributed by atoms with Crippen LogP contribution in [0.3, 0.4) is 0 Å². The van der Waals surface area contributed by atoms with Crippen molar-refractivity contribution in [2.75, 3.05) is 32.0 Å². The number of hydrogen-bond acceptors (Lipinski definition) is 5. The summed E-state index contributed by atoms with van der Waals surface area (Å²) >= 11 is 0. The van der Waals surface area contributed by atoms with Gasteiger partial charge in [0, 0.05) is 31.7 Å². The molecule has 4 rings (SSSR count). The Balaban J connectivity index is 1.52. The molecule has 1 aromatic carbocycles. The van der Waals surface area contributed by atoms with E-state index in [9.17, 15) is 4.79 Å². The third-order valence-electron chi connectivity index (χ3n) is 5.11. The van der Waals surface area contributed by atoms with Crippen LogP contribution in [0.25, 0.3) is 16.9 Å². The summed E-state index contributed by atoms with van der Waals surface area (Å²) in [6, 6.07) is 12.8. The number of carboxylic acid groups (broad SMARTS) is 1. The zero-order valence-electron chi connectivity index (χ0n) is 15.8. The van der Waals surface area contributed by atoms with E-state index in [1.54, 1.807) is 7.05 Å². The molecule has 8 nitrogen and oxygen atoms in total. The van der Waals surface area contributed by atoms with Crippen molar-refractivity contribution in [3.8, 4) is 11.3 Å². The Labute approximate surface area is 163 Å². The maximum Gasteiger partial charge on any atom is 0.407 e. The fourth-order valence-corrected chi connectivity index (χ4v) is 3.47. The van der Waals surface area contributed by atoms with Crippen molar-refractivity contribution in [2.24, 2.45) is 0 Å². The number of nitrogens with one attached hydrogen (secondary N) is 2. The van der Waals surface area contributed by atoms with Gasteiger partial charge in [0.15, 0.2) is 5.65 Å². The largest absolute Gasteiger partial charge is 0.465 e. The highest BCUT2D eigenvalue weighted by molar-refractivity contribution is 5.65. The molecule has 3 N–H and O–H groups in total. The molecule has 3 aromatic rings. The normalized spacial score (nSPS) is 16.4. The Kier molecular flexibility index (Phi) is 5.12. The van der Waals surface area contributed by atoms with Crippen LogP contribution in [0, 0.1) is 0 Å². The Hall–Kier alpha value is -3.13. The van der Waals surface area contributed by atoms with Crippen LogP contribution in [0.1, 0.15) is 24.4 Å². The van der Waals surface area contributed by atoms with Crippen LogP contribution in [0.15, 0.2) is 42.6 Å². The summed E-state index contributed by atoms with van der Waals surface area (Å²) in [4.78, 5) is 16.5. The first kappa shape index (κ1) is 18.2. The van der Waals surface area contributed by atoms with Crippen LogP contribution in [-0.4, -0.2) is 57.4 Å². The molecule has 1 aliphatic heterocycles. The molecule has 1 fully saturated rings. The van der Waals surface area contributed by atoms with Gasteiger partial charge in [0.25, 0.3) is 0 Å². The Morgan fingerprint density at radius 2 is 2.14 bits per heavy atom. The van der Waals surface area contributed by atoms with Gasteiger partial charge in [-0.15, -0.1) is 5.10 Å². The zero-order chi connectivity index (χ0) is 19.5. The van der Waals surface area contributed by atoms with Gasteiger partial charge in [-0.2, -0.15) is 0 Å². The van der Waals surface area contributed by atoms with Crippen LogP contribution in [-0.2, 0) is 0 Å².